The molecule has 2 aromatic heterocycles. The Labute approximate surface area is 126 Å². The summed E-state index contributed by atoms with van der Waals surface area (Å²) >= 11 is 6.12. The molecule has 0 atom stereocenters. The second kappa shape index (κ2) is 5.65. The summed E-state index contributed by atoms with van der Waals surface area (Å²) in [6, 6.07) is 1.55. The van der Waals surface area contributed by atoms with Gasteiger partial charge in [0.2, 0.25) is 5.82 Å². The number of ether oxygens (including phenoxy) is 1. The quantitative estimate of drug-likeness (QED) is 0.914. The van der Waals surface area contributed by atoms with E-state index in [1.54, 1.807) is 33.9 Å². The number of nitrogens with zero attached hydrogens (tertiary/aromatic N) is 5. The maximum Gasteiger partial charge on any atom is 0.412 e. The Kier molecular flexibility index (Phi) is 4.08. The molecule has 0 radical (unpaired) electrons. The smallest absolute Gasteiger partial charge is 0.412 e. The number of hydrogen-bond donors (Lipinski definition) is 1. The lowest BCUT2D eigenvalue weighted by atomic mass is 10.2. The van der Waals surface area contributed by atoms with Crippen molar-refractivity contribution >= 4 is 23.4 Å². The van der Waals surface area contributed by atoms with Crippen molar-refractivity contribution in [2.75, 3.05) is 5.32 Å². The Hall–Kier alpha value is -2.22. The molecule has 0 fully saturated rings. The number of pyridine rings is 1. The third-order valence-electron chi connectivity index (χ3n) is 2.21. The summed E-state index contributed by atoms with van der Waals surface area (Å²) in [6.07, 6.45) is 0.868. The van der Waals surface area contributed by atoms with Gasteiger partial charge in [0.1, 0.15) is 11.3 Å². The van der Waals surface area contributed by atoms with Gasteiger partial charge in [0.05, 0.1) is 24.0 Å². The molecule has 21 heavy (non-hydrogen) atoms. The molecule has 1 N–H and O–H groups in total. The molecule has 112 valence electrons. The first-order valence-electron chi connectivity index (χ1n) is 6.14. The Morgan fingerprint density at radius 3 is 2.67 bits per heavy atom. The Morgan fingerprint density at radius 1 is 1.43 bits per heavy atom. The van der Waals surface area contributed by atoms with Gasteiger partial charge in [-0.3, -0.25) is 5.32 Å². The Morgan fingerprint density at radius 2 is 2.14 bits per heavy atom. The number of halogens is 1. The molecule has 0 aliphatic rings. The first kappa shape index (κ1) is 15.2. The highest BCUT2D eigenvalue weighted by Crippen LogP contribution is 2.25. The van der Waals surface area contributed by atoms with Gasteiger partial charge in [-0.05, 0) is 32.1 Å². The minimum atomic E-state index is -0.579. The highest BCUT2D eigenvalue weighted by Gasteiger charge is 2.17. The van der Waals surface area contributed by atoms with Gasteiger partial charge >= 0.3 is 6.09 Å². The molecule has 2 heterocycles. The van der Waals surface area contributed by atoms with Crippen molar-refractivity contribution in [1.82, 2.24) is 25.2 Å². The Bertz CT molecular complexity index is 664. The van der Waals surface area contributed by atoms with Gasteiger partial charge in [0, 0.05) is 0 Å². The lowest BCUT2D eigenvalue weighted by molar-refractivity contribution is 0.0636. The number of aromatic nitrogens is 5. The molecule has 0 saturated carbocycles. The number of tetrazole rings is 1. The zero-order valence-corrected chi connectivity index (χ0v) is 12.8. The fourth-order valence-electron chi connectivity index (χ4n) is 1.47. The average Bonchev–Trinajstić information content (AvgIpc) is 2.73. The highest BCUT2D eigenvalue weighted by molar-refractivity contribution is 6.33. The molecule has 9 heteroatoms. The van der Waals surface area contributed by atoms with Gasteiger partial charge in [0.15, 0.2) is 0 Å². The number of amides is 1. The summed E-state index contributed by atoms with van der Waals surface area (Å²) in [5.41, 5.74) is 0.228. The number of rotatable bonds is 2. The third kappa shape index (κ3) is 4.12. The van der Waals surface area contributed by atoms with E-state index in [1.807, 2.05) is 0 Å². The monoisotopic (exact) mass is 310 g/mol. The second-order valence-electron chi connectivity index (χ2n) is 5.28. The van der Waals surface area contributed by atoms with Gasteiger partial charge in [-0.2, -0.15) is 4.80 Å². The van der Waals surface area contributed by atoms with Crippen LogP contribution in [0.1, 0.15) is 20.8 Å². The van der Waals surface area contributed by atoms with Crippen LogP contribution >= 0.6 is 11.6 Å². The van der Waals surface area contributed by atoms with Crippen LogP contribution in [0, 0.1) is 0 Å². The molecule has 0 aromatic carbocycles. The van der Waals surface area contributed by atoms with Gasteiger partial charge in [-0.15, -0.1) is 10.2 Å². The first-order valence-corrected chi connectivity index (χ1v) is 6.52. The summed E-state index contributed by atoms with van der Waals surface area (Å²) < 4.78 is 5.14. The predicted octanol–water partition coefficient (Wildman–Crippen LogP) is 2.27. The van der Waals surface area contributed by atoms with Crippen molar-refractivity contribution in [3.8, 4) is 11.5 Å². The lowest BCUT2D eigenvalue weighted by Crippen LogP contribution is -2.27. The average molecular weight is 311 g/mol. The van der Waals surface area contributed by atoms with Gasteiger partial charge in [-0.1, -0.05) is 11.6 Å². The van der Waals surface area contributed by atoms with E-state index >= 15 is 0 Å². The van der Waals surface area contributed by atoms with Crippen LogP contribution in [0.15, 0.2) is 12.3 Å². The van der Waals surface area contributed by atoms with E-state index in [9.17, 15) is 4.79 Å². The standard InChI is InChI=1S/C12H15ClN6O2/c1-12(2,3)21-11(20)15-7-5-8(13)9(14-6-7)10-16-18-19(4)17-10/h5-6H,1-4H3,(H,15,20). The van der Waals surface area contributed by atoms with Gasteiger partial charge in [-0.25, -0.2) is 9.78 Å². The van der Waals surface area contributed by atoms with Crippen LogP contribution in [-0.4, -0.2) is 36.9 Å². The molecule has 0 spiro atoms. The third-order valence-corrected chi connectivity index (χ3v) is 2.49. The zero-order chi connectivity index (χ0) is 15.6. The molecule has 0 unspecified atom stereocenters. The fourth-order valence-corrected chi connectivity index (χ4v) is 1.72. The second-order valence-corrected chi connectivity index (χ2v) is 5.69. The van der Waals surface area contributed by atoms with E-state index in [2.05, 4.69) is 25.7 Å². The van der Waals surface area contributed by atoms with Crippen LogP contribution < -0.4 is 5.32 Å². The molecule has 0 aliphatic heterocycles. The zero-order valence-electron chi connectivity index (χ0n) is 12.1. The van der Waals surface area contributed by atoms with Crippen LogP contribution in [0.4, 0.5) is 10.5 Å². The predicted molar refractivity (Wildman–Crippen MR) is 76.9 cm³/mol. The minimum absolute atomic E-state index is 0.302. The molecule has 2 rings (SSSR count). The summed E-state index contributed by atoms with van der Waals surface area (Å²) in [5, 5.41) is 14.4. The van der Waals surface area contributed by atoms with Crippen molar-refractivity contribution in [2.24, 2.45) is 7.05 Å². The maximum absolute atomic E-state index is 11.7. The van der Waals surface area contributed by atoms with Gasteiger partial charge < -0.3 is 4.74 Å². The molecule has 8 nitrogen and oxygen atoms in total. The van der Waals surface area contributed by atoms with E-state index in [4.69, 9.17) is 16.3 Å². The summed E-state index contributed by atoms with van der Waals surface area (Å²) in [6.45, 7) is 5.34. The summed E-state index contributed by atoms with van der Waals surface area (Å²) in [7, 11) is 1.64. The van der Waals surface area contributed by atoms with Crippen LogP contribution in [-0.2, 0) is 11.8 Å². The minimum Gasteiger partial charge on any atom is -0.444 e. The van der Waals surface area contributed by atoms with Crippen molar-refractivity contribution < 1.29 is 9.53 Å². The number of hydrogen-bond acceptors (Lipinski definition) is 6. The first-order chi connectivity index (χ1) is 9.74. The maximum atomic E-state index is 11.7. The van der Waals surface area contributed by atoms with Crippen LogP contribution in [0.3, 0.4) is 0 Å². The van der Waals surface area contributed by atoms with E-state index in [-0.39, 0.29) is 0 Å². The molecule has 1 amide bonds. The summed E-state index contributed by atoms with van der Waals surface area (Å²) in [5.74, 6) is 0.311. The molecule has 0 bridgehead atoms. The number of nitrogens with one attached hydrogen (secondary N) is 1. The largest absolute Gasteiger partial charge is 0.444 e. The van der Waals surface area contributed by atoms with Crippen molar-refractivity contribution in [1.29, 1.82) is 0 Å². The Balaban J connectivity index is 2.14. The molecule has 0 saturated heterocycles. The van der Waals surface area contributed by atoms with Crippen LogP contribution in [0.5, 0.6) is 0 Å². The van der Waals surface area contributed by atoms with Crippen LogP contribution in [0.2, 0.25) is 5.02 Å². The lowest BCUT2D eigenvalue weighted by Gasteiger charge is -2.19. The number of anilines is 1. The normalized spacial score (nSPS) is 11.3. The van der Waals surface area contributed by atoms with Crippen molar-refractivity contribution in [3.63, 3.8) is 0 Å². The van der Waals surface area contributed by atoms with Gasteiger partial charge in [0.25, 0.3) is 0 Å². The number of carbonyl (C=O) groups excluding carboxylic acids is 1. The molecule has 2 aromatic rings. The highest BCUT2D eigenvalue weighted by atomic mass is 35.5. The van der Waals surface area contributed by atoms with Crippen molar-refractivity contribution in [3.05, 3.63) is 17.3 Å². The molecular weight excluding hydrogens is 296 g/mol. The SMILES string of the molecule is Cn1nnc(-c2ncc(NC(=O)OC(C)(C)C)cc2Cl)n1. The fraction of sp³-hybridized carbons (Fsp3) is 0.417. The topological polar surface area (TPSA) is 94.8 Å². The van der Waals surface area contributed by atoms with E-state index < -0.39 is 11.7 Å². The number of aryl methyl sites for hydroxylation is 1. The van der Waals surface area contributed by atoms with Crippen LogP contribution in [0.25, 0.3) is 11.5 Å². The molecule has 0 aliphatic carbocycles. The van der Waals surface area contributed by atoms with E-state index in [1.165, 1.54) is 11.0 Å². The van der Waals surface area contributed by atoms with E-state index in [0.29, 0.717) is 22.2 Å². The van der Waals surface area contributed by atoms with E-state index in [0.717, 1.165) is 0 Å². The number of carbonyl (C=O) groups is 1. The summed E-state index contributed by atoms with van der Waals surface area (Å²) in [4.78, 5) is 17.1. The van der Waals surface area contributed by atoms with Crippen molar-refractivity contribution in [2.45, 2.75) is 26.4 Å². The molecular formula is C12H15ClN6O2.